The maximum atomic E-state index is 6.16. The third kappa shape index (κ3) is 6.68. The van der Waals surface area contributed by atoms with E-state index in [2.05, 4.69) is 26.0 Å². The van der Waals surface area contributed by atoms with Crippen molar-refractivity contribution in [3.63, 3.8) is 0 Å². The lowest BCUT2D eigenvalue weighted by Gasteiger charge is -2.21. The first-order chi connectivity index (χ1) is 9.19. The van der Waals surface area contributed by atoms with Crippen LogP contribution in [0, 0.1) is 11.8 Å². The highest BCUT2D eigenvalue weighted by molar-refractivity contribution is 6.30. The molecule has 0 spiro atoms. The van der Waals surface area contributed by atoms with Crippen molar-refractivity contribution in [3.05, 3.63) is 34.9 Å². The molecule has 1 aromatic rings. The fourth-order valence-electron chi connectivity index (χ4n) is 2.61. The van der Waals surface area contributed by atoms with E-state index in [1.54, 1.807) is 0 Å². The molecule has 19 heavy (non-hydrogen) atoms. The smallest absolute Gasteiger partial charge is 0.0406 e. The van der Waals surface area contributed by atoms with E-state index >= 15 is 0 Å². The molecule has 1 aromatic carbocycles. The molecule has 0 heterocycles. The van der Waals surface area contributed by atoms with Crippen LogP contribution in [-0.4, -0.2) is 5.88 Å². The van der Waals surface area contributed by atoms with Gasteiger partial charge in [-0.2, -0.15) is 0 Å². The van der Waals surface area contributed by atoms with Crippen LogP contribution in [-0.2, 0) is 6.42 Å². The van der Waals surface area contributed by atoms with E-state index in [-0.39, 0.29) is 0 Å². The first kappa shape index (κ1) is 16.9. The van der Waals surface area contributed by atoms with Gasteiger partial charge in [-0.05, 0) is 42.4 Å². The van der Waals surface area contributed by atoms with Crippen LogP contribution in [0.4, 0.5) is 0 Å². The second kappa shape index (κ2) is 9.66. The molecule has 0 nitrogen and oxygen atoms in total. The van der Waals surface area contributed by atoms with Crippen LogP contribution < -0.4 is 0 Å². The fourth-order valence-corrected chi connectivity index (χ4v) is 2.97. The molecule has 0 bridgehead atoms. The molecule has 2 heteroatoms. The average molecular weight is 301 g/mol. The first-order valence-electron chi connectivity index (χ1n) is 7.49. The van der Waals surface area contributed by atoms with E-state index in [0.29, 0.717) is 5.92 Å². The molecule has 0 aliphatic carbocycles. The van der Waals surface area contributed by atoms with Gasteiger partial charge in [-0.15, -0.1) is 11.6 Å². The van der Waals surface area contributed by atoms with Crippen LogP contribution in [0.3, 0.4) is 0 Å². The van der Waals surface area contributed by atoms with Gasteiger partial charge in [0.15, 0.2) is 0 Å². The van der Waals surface area contributed by atoms with Gasteiger partial charge in [0.05, 0.1) is 0 Å². The highest BCUT2D eigenvalue weighted by atomic mass is 35.5. The summed E-state index contributed by atoms with van der Waals surface area (Å²) in [5, 5.41) is 0.806. The third-order valence-corrected chi connectivity index (χ3v) is 4.55. The number of hydrogen-bond acceptors (Lipinski definition) is 0. The summed E-state index contributed by atoms with van der Waals surface area (Å²) in [7, 11) is 0. The molecule has 0 aromatic heterocycles. The van der Waals surface area contributed by atoms with Gasteiger partial charge in [0.1, 0.15) is 0 Å². The van der Waals surface area contributed by atoms with Crippen LogP contribution in [0.1, 0.15) is 51.5 Å². The van der Waals surface area contributed by atoms with Crippen molar-refractivity contribution < 1.29 is 0 Å². The van der Waals surface area contributed by atoms with Gasteiger partial charge in [0.25, 0.3) is 0 Å². The van der Waals surface area contributed by atoms with E-state index in [1.807, 2.05) is 12.1 Å². The molecule has 0 aliphatic heterocycles. The maximum absolute atomic E-state index is 6.16. The predicted molar refractivity (Wildman–Crippen MR) is 87.3 cm³/mol. The summed E-state index contributed by atoms with van der Waals surface area (Å²) in [5.74, 6) is 2.17. The van der Waals surface area contributed by atoms with Crippen molar-refractivity contribution in [2.24, 2.45) is 11.8 Å². The van der Waals surface area contributed by atoms with Crippen LogP contribution in [0.2, 0.25) is 5.02 Å². The number of unbranched alkanes of at least 4 members (excludes halogenated alkanes) is 1. The second-order valence-electron chi connectivity index (χ2n) is 5.50. The summed E-state index contributed by atoms with van der Waals surface area (Å²) in [6, 6.07) is 8.18. The van der Waals surface area contributed by atoms with Gasteiger partial charge in [0.2, 0.25) is 0 Å². The largest absolute Gasteiger partial charge is 0.126 e. The van der Waals surface area contributed by atoms with Gasteiger partial charge >= 0.3 is 0 Å². The molecule has 0 aliphatic rings. The normalized spacial score (nSPS) is 14.3. The summed E-state index contributed by atoms with van der Waals surface area (Å²) in [6.07, 6.45) is 7.58. The lowest BCUT2D eigenvalue weighted by Crippen LogP contribution is -2.13. The minimum atomic E-state index is 0.588. The monoisotopic (exact) mass is 300 g/mol. The molecule has 0 amide bonds. The number of hydrogen-bond donors (Lipinski definition) is 0. The molecule has 0 saturated carbocycles. The molecule has 0 saturated heterocycles. The standard InChI is InChI=1S/C17H26Cl2/c1-3-5-6-14(4-2)11-16(13-18)12-15-7-9-17(19)10-8-15/h7-10,14,16H,3-6,11-13H2,1-2H3. The van der Waals surface area contributed by atoms with Crippen molar-refractivity contribution in [3.8, 4) is 0 Å². The van der Waals surface area contributed by atoms with Crippen LogP contribution >= 0.6 is 23.2 Å². The number of benzene rings is 1. The van der Waals surface area contributed by atoms with Gasteiger partial charge in [-0.3, -0.25) is 0 Å². The Labute approximate surface area is 128 Å². The van der Waals surface area contributed by atoms with Crippen LogP contribution in [0.25, 0.3) is 0 Å². The topological polar surface area (TPSA) is 0 Å². The number of alkyl halides is 1. The zero-order valence-corrected chi connectivity index (χ0v) is 13.7. The Kier molecular flexibility index (Phi) is 8.57. The first-order valence-corrected chi connectivity index (χ1v) is 8.41. The Morgan fingerprint density at radius 3 is 2.26 bits per heavy atom. The van der Waals surface area contributed by atoms with Crippen LogP contribution in [0.15, 0.2) is 24.3 Å². The molecule has 0 N–H and O–H groups in total. The SMILES string of the molecule is CCCCC(CC)CC(CCl)Cc1ccc(Cl)cc1. The minimum absolute atomic E-state index is 0.588. The van der Waals surface area contributed by atoms with Gasteiger partial charge < -0.3 is 0 Å². The van der Waals surface area contributed by atoms with Gasteiger partial charge in [-0.1, -0.05) is 63.3 Å². The minimum Gasteiger partial charge on any atom is -0.126 e. The Hall–Kier alpha value is -0.200. The summed E-state index contributed by atoms with van der Waals surface area (Å²) < 4.78 is 0. The van der Waals surface area contributed by atoms with E-state index in [4.69, 9.17) is 23.2 Å². The Balaban J connectivity index is 2.49. The van der Waals surface area contributed by atoms with Crippen molar-refractivity contribution in [2.75, 3.05) is 5.88 Å². The van der Waals surface area contributed by atoms with Crippen molar-refractivity contribution in [1.82, 2.24) is 0 Å². The molecule has 2 unspecified atom stereocenters. The fraction of sp³-hybridized carbons (Fsp3) is 0.647. The van der Waals surface area contributed by atoms with Gasteiger partial charge in [-0.25, -0.2) is 0 Å². The average Bonchev–Trinajstić information content (AvgIpc) is 2.44. The summed E-state index contributed by atoms with van der Waals surface area (Å²) in [5.41, 5.74) is 1.35. The Bertz CT molecular complexity index is 332. The number of halogens is 2. The molecule has 0 fully saturated rings. The molecule has 1 rings (SSSR count). The van der Waals surface area contributed by atoms with Crippen molar-refractivity contribution in [1.29, 1.82) is 0 Å². The van der Waals surface area contributed by atoms with E-state index < -0.39 is 0 Å². The van der Waals surface area contributed by atoms with Crippen molar-refractivity contribution >= 4 is 23.2 Å². The molecule has 0 radical (unpaired) electrons. The summed E-state index contributed by atoms with van der Waals surface area (Å²) in [4.78, 5) is 0. The summed E-state index contributed by atoms with van der Waals surface area (Å²) >= 11 is 12.1. The Morgan fingerprint density at radius 1 is 1.05 bits per heavy atom. The highest BCUT2D eigenvalue weighted by Gasteiger charge is 2.15. The van der Waals surface area contributed by atoms with Gasteiger partial charge in [0, 0.05) is 10.9 Å². The lowest BCUT2D eigenvalue weighted by atomic mass is 9.86. The summed E-state index contributed by atoms with van der Waals surface area (Å²) in [6.45, 7) is 4.56. The molecular formula is C17H26Cl2. The van der Waals surface area contributed by atoms with Crippen molar-refractivity contribution in [2.45, 2.75) is 52.4 Å². The maximum Gasteiger partial charge on any atom is 0.0406 e. The lowest BCUT2D eigenvalue weighted by molar-refractivity contribution is 0.353. The molecular weight excluding hydrogens is 275 g/mol. The van der Waals surface area contributed by atoms with E-state index in [1.165, 1.54) is 37.7 Å². The van der Waals surface area contributed by atoms with Crippen LogP contribution in [0.5, 0.6) is 0 Å². The number of rotatable bonds is 9. The zero-order valence-electron chi connectivity index (χ0n) is 12.2. The zero-order chi connectivity index (χ0) is 14.1. The van der Waals surface area contributed by atoms with E-state index in [0.717, 1.165) is 23.2 Å². The Morgan fingerprint density at radius 2 is 1.74 bits per heavy atom. The quantitative estimate of drug-likeness (QED) is 0.466. The molecule has 108 valence electrons. The predicted octanol–water partition coefficient (Wildman–Crippen LogP) is 6.34. The van der Waals surface area contributed by atoms with E-state index in [9.17, 15) is 0 Å². The third-order valence-electron chi connectivity index (χ3n) is 3.87. The second-order valence-corrected chi connectivity index (χ2v) is 6.25. The molecule has 2 atom stereocenters. The highest BCUT2D eigenvalue weighted by Crippen LogP contribution is 2.25.